The molecule has 0 spiro atoms. The van der Waals surface area contributed by atoms with Crippen LogP contribution in [0.15, 0.2) is 36.5 Å². The molecular formula is C19H22N4O4. The normalized spacial score (nSPS) is 16.1. The molecule has 27 heavy (non-hydrogen) atoms. The molecule has 1 fully saturated rings. The van der Waals surface area contributed by atoms with Crippen LogP contribution in [-0.2, 0) is 4.74 Å². The van der Waals surface area contributed by atoms with Gasteiger partial charge in [-0.05, 0) is 24.3 Å². The molecule has 2 aromatic rings. The number of aromatic nitrogens is 1. The second-order valence-corrected chi connectivity index (χ2v) is 6.34. The van der Waals surface area contributed by atoms with Crippen molar-refractivity contribution in [3.63, 3.8) is 0 Å². The van der Waals surface area contributed by atoms with Crippen LogP contribution in [0.2, 0.25) is 0 Å². The summed E-state index contributed by atoms with van der Waals surface area (Å²) < 4.78 is 15.9. The zero-order valence-corrected chi connectivity index (χ0v) is 14.9. The number of carbonyl (C=O) groups is 1. The number of amides is 1. The molecule has 0 atom stereocenters. The van der Waals surface area contributed by atoms with E-state index in [1.165, 1.54) is 0 Å². The summed E-state index contributed by atoms with van der Waals surface area (Å²) in [5, 5.41) is 6.12. The Morgan fingerprint density at radius 1 is 1.11 bits per heavy atom. The predicted molar refractivity (Wildman–Crippen MR) is 101 cm³/mol. The molecular weight excluding hydrogens is 348 g/mol. The number of ether oxygens (including phenoxy) is 3. The standard InChI is InChI=1S/C19H22N4O4/c24-19(22-15-2-3-16-17(11-15)27-13-26-16)14-1-4-18(21-12-14)20-5-6-23-7-9-25-10-8-23/h1-4,11-12H,5-10,13H2,(H,20,21)(H,22,24). The summed E-state index contributed by atoms with van der Waals surface area (Å²) in [6.45, 7) is 5.47. The molecule has 0 aliphatic carbocycles. The number of morpholine rings is 1. The van der Waals surface area contributed by atoms with Gasteiger partial charge in [0.15, 0.2) is 11.5 Å². The maximum absolute atomic E-state index is 12.4. The number of anilines is 2. The highest BCUT2D eigenvalue weighted by atomic mass is 16.7. The summed E-state index contributed by atoms with van der Waals surface area (Å²) in [6, 6.07) is 8.87. The molecule has 2 aliphatic rings. The van der Waals surface area contributed by atoms with Crippen molar-refractivity contribution >= 4 is 17.4 Å². The number of benzene rings is 1. The number of pyridine rings is 1. The summed E-state index contributed by atoms with van der Waals surface area (Å²) in [5.74, 6) is 1.84. The maximum atomic E-state index is 12.4. The molecule has 0 unspecified atom stereocenters. The average molecular weight is 370 g/mol. The van der Waals surface area contributed by atoms with Crippen LogP contribution >= 0.6 is 0 Å². The van der Waals surface area contributed by atoms with E-state index in [0.717, 1.165) is 45.2 Å². The van der Waals surface area contributed by atoms with Gasteiger partial charge in [0.2, 0.25) is 6.79 Å². The van der Waals surface area contributed by atoms with Crippen LogP contribution in [0.25, 0.3) is 0 Å². The van der Waals surface area contributed by atoms with Crippen LogP contribution in [0.5, 0.6) is 11.5 Å². The number of nitrogens with zero attached hydrogens (tertiary/aromatic N) is 2. The fourth-order valence-electron chi connectivity index (χ4n) is 2.98. The summed E-state index contributed by atoms with van der Waals surface area (Å²) in [4.78, 5) is 19.1. The lowest BCUT2D eigenvalue weighted by Gasteiger charge is -2.26. The molecule has 2 N–H and O–H groups in total. The molecule has 8 nitrogen and oxygen atoms in total. The van der Waals surface area contributed by atoms with E-state index in [2.05, 4.69) is 20.5 Å². The molecule has 142 valence electrons. The van der Waals surface area contributed by atoms with Gasteiger partial charge in [-0.15, -0.1) is 0 Å². The van der Waals surface area contributed by atoms with Crippen LogP contribution in [0, 0.1) is 0 Å². The molecule has 0 bridgehead atoms. The Morgan fingerprint density at radius 3 is 2.78 bits per heavy atom. The number of fused-ring (bicyclic) bond motifs is 1. The Labute approximate surface area is 157 Å². The van der Waals surface area contributed by atoms with Crippen LogP contribution in [0.3, 0.4) is 0 Å². The number of hydrogen-bond acceptors (Lipinski definition) is 7. The van der Waals surface area contributed by atoms with Gasteiger partial charge in [0.1, 0.15) is 5.82 Å². The third-order valence-electron chi connectivity index (χ3n) is 4.49. The van der Waals surface area contributed by atoms with Crippen LogP contribution in [-0.4, -0.2) is 62.0 Å². The topological polar surface area (TPSA) is 85.0 Å². The van der Waals surface area contributed by atoms with Crippen molar-refractivity contribution in [3.05, 3.63) is 42.1 Å². The first-order valence-electron chi connectivity index (χ1n) is 8.99. The first-order valence-corrected chi connectivity index (χ1v) is 8.99. The first-order chi connectivity index (χ1) is 13.3. The van der Waals surface area contributed by atoms with Gasteiger partial charge >= 0.3 is 0 Å². The highest BCUT2D eigenvalue weighted by molar-refractivity contribution is 6.04. The molecule has 8 heteroatoms. The largest absolute Gasteiger partial charge is 0.454 e. The number of carbonyl (C=O) groups excluding carboxylic acids is 1. The van der Waals surface area contributed by atoms with E-state index in [-0.39, 0.29) is 12.7 Å². The SMILES string of the molecule is O=C(Nc1ccc2c(c1)OCO2)c1ccc(NCCN2CCOCC2)nc1. The van der Waals surface area contributed by atoms with Crippen LogP contribution in [0.4, 0.5) is 11.5 Å². The smallest absolute Gasteiger partial charge is 0.257 e. The third kappa shape index (κ3) is 4.47. The Bertz CT molecular complexity index is 791. The summed E-state index contributed by atoms with van der Waals surface area (Å²) in [7, 11) is 0. The van der Waals surface area contributed by atoms with Gasteiger partial charge in [-0.1, -0.05) is 0 Å². The molecule has 3 heterocycles. The quantitative estimate of drug-likeness (QED) is 0.802. The van der Waals surface area contributed by atoms with Crippen molar-refractivity contribution < 1.29 is 19.0 Å². The van der Waals surface area contributed by atoms with E-state index >= 15 is 0 Å². The van der Waals surface area contributed by atoms with Crippen molar-refractivity contribution in [1.29, 1.82) is 0 Å². The van der Waals surface area contributed by atoms with Crippen molar-refractivity contribution in [2.75, 3.05) is 56.8 Å². The minimum absolute atomic E-state index is 0.205. The van der Waals surface area contributed by atoms with E-state index in [0.29, 0.717) is 22.7 Å². The molecule has 1 aromatic heterocycles. The Kier molecular flexibility index (Phi) is 5.36. The van der Waals surface area contributed by atoms with Gasteiger partial charge in [0.05, 0.1) is 18.8 Å². The van der Waals surface area contributed by atoms with Crippen molar-refractivity contribution in [1.82, 2.24) is 9.88 Å². The molecule has 0 saturated carbocycles. The van der Waals surface area contributed by atoms with E-state index in [9.17, 15) is 4.79 Å². The van der Waals surface area contributed by atoms with Gasteiger partial charge in [0, 0.05) is 44.1 Å². The van der Waals surface area contributed by atoms with E-state index in [4.69, 9.17) is 14.2 Å². The Morgan fingerprint density at radius 2 is 1.96 bits per heavy atom. The lowest BCUT2D eigenvalue weighted by molar-refractivity contribution is 0.0398. The van der Waals surface area contributed by atoms with Crippen molar-refractivity contribution in [3.8, 4) is 11.5 Å². The lowest BCUT2D eigenvalue weighted by atomic mass is 10.2. The molecule has 1 amide bonds. The first kappa shape index (κ1) is 17.6. The molecule has 1 saturated heterocycles. The van der Waals surface area contributed by atoms with Crippen LogP contribution < -0.4 is 20.1 Å². The predicted octanol–water partition coefficient (Wildman–Crippen LogP) is 1.81. The zero-order chi connectivity index (χ0) is 18.5. The third-order valence-corrected chi connectivity index (χ3v) is 4.49. The van der Waals surface area contributed by atoms with Crippen molar-refractivity contribution in [2.24, 2.45) is 0 Å². The minimum atomic E-state index is -0.221. The van der Waals surface area contributed by atoms with Gasteiger partial charge in [0.25, 0.3) is 5.91 Å². The highest BCUT2D eigenvalue weighted by Crippen LogP contribution is 2.34. The van der Waals surface area contributed by atoms with Gasteiger partial charge in [-0.2, -0.15) is 0 Å². The number of rotatable bonds is 6. The molecule has 2 aliphatic heterocycles. The fourth-order valence-corrected chi connectivity index (χ4v) is 2.98. The summed E-state index contributed by atoms with van der Waals surface area (Å²) in [5.41, 5.74) is 1.14. The van der Waals surface area contributed by atoms with Gasteiger partial charge in [-0.25, -0.2) is 4.98 Å². The number of nitrogens with one attached hydrogen (secondary N) is 2. The summed E-state index contributed by atoms with van der Waals surface area (Å²) >= 11 is 0. The second-order valence-electron chi connectivity index (χ2n) is 6.34. The van der Waals surface area contributed by atoms with E-state index in [1.807, 2.05) is 6.07 Å². The average Bonchev–Trinajstić information content (AvgIpc) is 3.17. The minimum Gasteiger partial charge on any atom is -0.454 e. The molecule has 1 aromatic carbocycles. The summed E-state index contributed by atoms with van der Waals surface area (Å²) in [6.07, 6.45) is 1.57. The van der Waals surface area contributed by atoms with Gasteiger partial charge in [-0.3, -0.25) is 9.69 Å². The van der Waals surface area contributed by atoms with E-state index < -0.39 is 0 Å². The molecule has 4 rings (SSSR count). The highest BCUT2D eigenvalue weighted by Gasteiger charge is 2.15. The van der Waals surface area contributed by atoms with E-state index in [1.54, 1.807) is 30.5 Å². The fraction of sp³-hybridized carbons (Fsp3) is 0.368. The number of hydrogen-bond donors (Lipinski definition) is 2. The van der Waals surface area contributed by atoms with Crippen LogP contribution in [0.1, 0.15) is 10.4 Å². The second kappa shape index (κ2) is 8.24. The van der Waals surface area contributed by atoms with Crippen molar-refractivity contribution in [2.45, 2.75) is 0 Å². The maximum Gasteiger partial charge on any atom is 0.257 e. The monoisotopic (exact) mass is 370 g/mol. The molecule has 0 radical (unpaired) electrons. The Balaban J connectivity index is 1.28. The lowest BCUT2D eigenvalue weighted by Crippen LogP contribution is -2.39. The zero-order valence-electron chi connectivity index (χ0n) is 14.9. The Hall–Kier alpha value is -2.84. The van der Waals surface area contributed by atoms with Gasteiger partial charge < -0.3 is 24.8 Å².